The lowest BCUT2D eigenvalue weighted by molar-refractivity contribution is 0.0957. The fourth-order valence-corrected chi connectivity index (χ4v) is 3.61. The summed E-state index contributed by atoms with van der Waals surface area (Å²) in [5.41, 5.74) is 9.91. The predicted molar refractivity (Wildman–Crippen MR) is 81.1 cm³/mol. The Hall–Kier alpha value is -1.50. The van der Waals surface area contributed by atoms with Gasteiger partial charge in [0, 0.05) is 21.2 Å². The fourth-order valence-electron chi connectivity index (χ4n) is 1.59. The Morgan fingerprint density at radius 3 is 2.89 bits per heavy atom. The highest BCUT2D eigenvalue weighted by molar-refractivity contribution is 7.98. The van der Waals surface area contributed by atoms with Gasteiger partial charge in [-0.3, -0.25) is 10.2 Å². The molecule has 0 aliphatic rings. The van der Waals surface area contributed by atoms with Crippen LogP contribution in [0.15, 0.2) is 35.2 Å². The number of amides is 1. The standard InChI is InChI=1S/C13H15N3OS2/c1-8-10(14)3-2-4-11(8)18-7-9-5-6-12(19-9)13(17)16-15/h2-6H,7,14-15H2,1H3,(H,16,17). The van der Waals surface area contributed by atoms with Crippen molar-refractivity contribution in [3.05, 3.63) is 45.6 Å². The number of rotatable bonds is 4. The van der Waals surface area contributed by atoms with E-state index < -0.39 is 0 Å². The lowest BCUT2D eigenvalue weighted by Gasteiger charge is -2.06. The monoisotopic (exact) mass is 293 g/mol. The Morgan fingerprint density at radius 2 is 2.16 bits per heavy atom. The minimum Gasteiger partial charge on any atom is -0.398 e. The van der Waals surface area contributed by atoms with E-state index in [0.29, 0.717) is 4.88 Å². The predicted octanol–water partition coefficient (Wildman–Crippen LogP) is 2.53. The molecule has 0 radical (unpaired) electrons. The number of hydrogen-bond donors (Lipinski definition) is 3. The minimum absolute atomic E-state index is 0.249. The molecule has 2 aromatic rings. The number of carbonyl (C=O) groups excluding carboxylic acids is 1. The van der Waals surface area contributed by atoms with Gasteiger partial charge < -0.3 is 5.73 Å². The molecule has 1 amide bonds. The second-order valence-electron chi connectivity index (χ2n) is 4.00. The number of nitrogen functional groups attached to an aromatic ring is 2. The second-order valence-corrected chi connectivity index (χ2v) is 6.18. The average molecular weight is 293 g/mol. The highest BCUT2D eigenvalue weighted by Gasteiger charge is 2.08. The maximum absolute atomic E-state index is 11.4. The van der Waals surface area contributed by atoms with Crippen LogP contribution >= 0.6 is 23.1 Å². The molecule has 2 rings (SSSR count). The summed E-state index contributed by atoms with van der Waals surface area (Å²) < 4.78 is 0. The molecule has 0 spiro atoms. The van der Waals surface area contributed by atoms with Crippen LogP contribution in [0.1, 0.15) is 20.1 Å². The average Bonchev–Trinajstić information content (AvgIpc) is 2.88. The van der Waals surface area contributed by atoms with E-state index in [1.807, 2.05) is 25.1 Å². The van der Waals surface area contributed by atoms with Crippen molar-refractivity contribution in [3.8, 4) is 0 Å². The molecule has 1 aromatic heterocycles. The summed E-state index contributed by atoms with van der Waals surface area (Å²) in [7, 11) is 0. The smallest absolute Gasteiger partial charge is 0.275 e. The zero-order valence-electron chi connectivity index (χ0n) is 10.5. The van der Waals surface area contributed by atoms with E-state index >= 15 is 0 Å². The van der Waals surface area contributed by atoms with E-state index in [1.54, 1.807) is 17.8 Å². The number of thioether (sulfide) groups is 1. The Labute approximate surface area is 120 Å². The first kappa shape index (κ1) is 13.9. The van der Waals surface area contributed by atoms with Crippen molar-refractivity contribution in [2.24, 2.45) is 5.84 Å². The number of benzene rings is 1. The molecule has 0 fully saturated rings. The molecule has 19 heavy (non-hydrogen) atoms. The Morgan fingerprint density at radius 1 is 1.37 bits per heavy atom. The van der Waals surface area contributed by atoms with Gasteiger partial charge in [-0.2, -0.15) is 0 Å². The van der Waals surface area contributed by atoms with Crippen LogP contribution in [0.4, 0.5) is 5.69 Å². The summed E-state index contributed by atoms with van der Waals surface area (Å²) in [6.07, 6.45) is 0. The first-order valence-corrected chi connectivity index (χ1v) is 7.49. The van der Waals surface area contributed by atoms with E-state index in [2.05, 4.69) is 11.5 Å². The van der Waals surface area contributed by atoms with Crippen molar-refractivity contribution in [2.45, 2.75) is 17.6 Å². The summed E-state index contributed by atoms with van der Waals surface area (Å²) in [4.78, 5) is 14.3. The van der Waals surface area contributed by atoms with Crippen LogP contribution in [0.5, 0.6) is 0 Å². The molecule has 0 saturated carbocycles. The molecule has 6 heteroatoms. The number of carbonyl (C=O) groups is 1. The molecule has 1 heterocycles. The third kappa shape index (κ3) is 3.28. The van der Waals surface area contributed by atoms with Crippen LogP contribution in [0.2, 0.25) is 0 Å². The van der Waals surface area contributed by atoms with Gasteiger partial charge in [-0.15, -0.1) is 23.1 Å². The van der Waals surface area contributed by atoms with Crippen LogP contribution in [-0.4, -0.2) is 5.91 Å². The van der Waals surface area contributed by atoms with Gasteiger partial charge in [-0.25, -0.2) is 5.84 Å². The first-order chi connectivity index (χ1) is 9.11. The van der Waals surface area contributed by atoms with Gasteiger partial charge in [-0.05, 0) is 36.8 Å². The van der Waals surface area contributed by atoms with Gasteiger partial charge >= 0.3 is 0 Å². The number of thiophene rings is 1. The molecule has 5 N–H and O–H groups in total. The highest BCUT2D eigenvalue weighted by atomic mass is 32.2. The Balaban J connectivity index is 2.04. The normalized spacial score (nSPS) is 10.4. The fraction of sp³-hybridized carbons (Fsp3) is 0.154. The number of hydrazine groups is 1. The summed E-state index contributed by atoms with van der Waals surface area (Å²) in [6.45, 7) is 2.01. The molecular weight excluding hydrogens is 278 g/mol. The SMILES string of the molecule is Cc1c(N)cccc1SCc1ccc(C(=O)NN)s1. The van der Waals surface area contributed by atoms with Crippen LogP contribution in [0, 0.1) is 6.92 Å². The molecule has 0 unspecified atom stereocenters. The van der Waals surface area contributed by atoms with Crippen LogP contribution in [0.25, 0.3) is 0 Å². The molecule has 1 aromatic carbocycles. The zero-order valence-corrected chi connectivity index (χ0v) is 12.1. The molecule has 0 saturated heterocycles. The maximum Gasteiger partial charge on any atom is 0.275 e. The second kappa shape index (κ2) is 6.10. The summed E-state index contributed by atoms with van der Waals surface area (Å²) in [6, 6.07) is 9.64. The molecule has 100 valence electrons. The van der Waals surface area contributed by atoms with Crippen molar-refractivity contribution >= 4 is 34.7 Å². The highest BCUT2D eigenvalue weighted by Crippen LogP contribution is 2.30. The van der Waals surface area contributed by atoms with Crippen LogP contribution < -0.4 is 17.0 Å². The number of nitrogens with one attached hydrogen (secondary N) is 1. The minimum atomic E-state index is -0.249. The van der Waals surface area contributed by atoms with Crippen molar-refractivity contribution in [3.63, 3.8) is 0 Å². The number of nitrogens with two attached hydrogens (primary N) is 2. The molecule has 4 nitrogen and oxygen atoms in total. The third-order valence-electron chi connectivity index (χ3n) is 2.71. The summed E-state index contributed by atoms with van der Waals surface area (Å²) >= 11 is 3.17. The molecular formula is C13H15N3OS2. The van der Waals surface area contributed by atoms with Crippen molar-refractivity contribution < 1.29 is 4.79 Å². The van der Waals surface area contributed by atoms with Crippen molar-refractivity contribution in [1.29, 1.82) is 0 Å². The van der Waals surface area contributed by atoms with Crippen LogP contribution in [0.3, 0.4) is 0 Å². The molecule has 0 aliphatic heterocycles. The van der Waals surface area contributed by atoms with E-state index in [9.17, 15) is 4.79 Å². The molecule has 0 atom stereocenters. The van der Waals surface area contributed by atoms with E-state index in [4.69, 9.17) is 11.6 Å². The summed E-state index contributed by atoms with van der Waals surface area (Å²) in [5.74, 6) is 5.67. The zero-order chi connectivity index (χ0) is 13.8. The van der Waals surface area contributed by atoms with Crippen LogP contribution in [-0.2, 0) is 5.75 Å². The van der Waals surface area contributed by atoms with E-state index in [0.717, 1.165) is 21.9 Å². The van der Waals surface area contributed by atoms with Crippen molar-refractivity contribution in [2.75, 3.05) is 5.73 Å². The summed E-state index contributed by atoms with van der Waals surface area (Å²) in [5, 5.41) is 0. The number of hydrogen-bond acceptors (Lipinski definition) is 5. The van der Waals surface area contributed by atoms with E-state index in [-0.39, 0.29) is 5.91 Å². The molecule has 0 bridgehead atoms. The lowest BCUT2D eigenvalue weighted by Crippen LogP contribution is -2.29. The van der Waals surface area contributed by atoms with Gasteiger partial charge in [0.25, 0.3) is 5.91 Å². The van der Waals surface area contributed by atoms with Gasteiger partial charge in [0.2, 0.25) is 0 Å². The van der Waals surface area contributed by atoms with Gasteiger partial charge in [-0.1, -0.05) is 6.07 Å². The topological polar surface area (TPSA) is 81.1 Å². The van der Waals surface area contributed by atoms with E-state index in [1.165, 1.54) is 16.2 Å². The van der Waals surface area contributed by atoms with Gasteiger partial charge in [0.1, 0.15) is 0 Å². The lowest BCUT2D eigenvalue weighted by atomic mass is 10.2. The van der Waals surface area contributed by atoms with Crippen molar-refractivity contribution in [1.82, 2.24) is 5.43 Å². The quantitative estimate of drug-likeness (QED) is 0.266. The maximum atomic E-state index is 11.4. The first-order valence-electron chi connectivity index (χ1n) is 5.69. The number of anilines is 1. The van der Waals surface area contributed by atoms with Gasteiger partial charge in [0.15, 0.2) is 0 Å². The third-order valence-corrected chi connectivity index (χ3v) is 5.19. The largest absolute Gasteiger partial charge is 0.398 e. The van der Waals surface area contributed by atoms with Gasteiger partial charge in [0.05, 0.1) is 4.88 Å². The molecule has 0 aliphatic carbocycles. The Kier molecular flexibility index (Phi) is 4.47. The Bertz CT molecular complexity index is 595.